The van der Waals surface area contributed by atoms with E-state index in [1.165, 1.54) is 4.90 Å². The number of hydrogen-bond donors (Lipinski definition) is 0. The summed E-state index contributed by atoms with van der Waals surface area (Å²) in [5, 5.41) is 11.5. The van der Waals surface area contributed by atoms with Crippen molar-refractivity contribution >= 4 is 45.0 Å². The van der Waals surface area contributed by atoms with Gasteiger partial charge in [0.25, 0.3) is 11.8 Å². The Kier molecular flexibility index (Phi) is 8.11. The number of hydrogen-bond acceptors (Lipinski definition) is 3. The molecule has 0 bridgehead atoms. The van der Waals surface area contributed by atoms with Gasteiger partial charge in [-0.05, 0) is 99.6 Å². The molecular weight excluding hydrogens is 713 g/mol. The van der Waals surface area contributed by atoms with Gasteiger partial charge in [-0.1, -0.05) is 121 Å². The lowest BCUT2D eigenvalue weighted by Gasteiger charge is -2.20. The van der Waals surface area contributed by atoms with E-state index < -0.39 is 5.91 Å². The molecule has 8 aromatic carbocycles. The van der Waals surface area contributed by atoms with Crippen molar-refractivity contribution in [2.75, 3.05) is 4.90 Å². The maximum atomic E-state index is 15.1. The van der Waals surface area contributed by atoms with Crippen molar-refractivity contribution in [3.63, 3.8) is 0 Å². The Morgan fingerprint density at radius 2 is 1.03 bits per heavy atom. The second-order valence-electron chi connectivity index (χ2n) is 14.3. The van der Waals surface area contributed by atoms with Crippen LogP contribution in [-0.4, -0.2) is 16.4 Å². The summed E-state index contributed by atoms with van der Waals surface area (Å²) >= 11 is 0. The number of benzene rings is 8. The third-order valence-corrected chi connectivity index (χ3v) is 11.0. The first kappa shape index (κ1) is 34.2. The molecule has 0 spiro atoms. The molecule has 10 rings (SSSR count). The van der Waals surface area contributed by atoms with E-state index in [1.54, 1.807) is 18.2 Å². The zero-order chi connectivity index (χ0) is 39.3. The molecule has 1 aliphatic heterocycles. The van der Waals surface area contributed by atoms with Crippen LogP contribution in [0.2, 0.25) is 0 Å². The van der Waals surface area contributed by atoms with Gasteiger partial charge in [0, 0.05) is 16.3 Å². The maximum Gasteiger partial charge on any atom is 0.268 e. The Morgan fingerprint density at radius 3 is 1.71 bits per heavy atom. The minimum atomic E-state index is -0.398. The summed E-state index contributed by atoms with van der Waals surface area (Å²) in [4.78, 5) is 34.7. The number of carbonyl (C=O) groups excluding carboxylic acids is 2. The first-order chi connectivity index (χ1) is 28.5. The van der Waals surface area contributed by atoms with E-state index in [-0.39, 0.29) is 5.91 Å². The highest BCUT2D eigenvalue weighted by molar-refractivity contribution is 6.36. The Bertz CT molecular complexity index is 3130. The zero-order valence-electron chi connectivity index (χ0n) is 30.9. The number of anilines is 1. The molecule has 0 N–H and O–H groups in total. The summed E-state index contributed by atoms with van der Waals surface area (Å²) in [6, 6.07) is 60.9. The highest BCUT2D eigenvalue weighted by Gasteiger charge is 2.40. The van der Waals surface area contributed by atoms with Crippen LogP contribution in [0, 0.1) is 17.9 Å². The van der Waals surface area contributed by atoms with Crippen LogP contribution < -0.4 is 4.90 Å². The molecule has 6 heteroatoms. The highest BCUT2D eigenvalue weighted by atomic mass is 16.2. The molecule has 0 atom stereocenters. The topological polar surface area (TPSA) is 70.5 Å². The van der Waals surface area contributed by atoms with Crippen molar-refractivity contribution in [2.45, 2.75) is 0 Å². The van der Waals surface area contributed by atoms with Crippen LogP contribution in [0.3, 0.4) is 0 Å². The van der Waals surface area contributed by atoms with Gasteiger partial charge in [0.2, 0.25) is 0 Å². The average Bonchev–Trinajstić information content (AvgIpc) is 3.75. The Labute approximate surface area is 334 Å². The van der Waals surface area contributed by atoms with E-state index in [2.05, 4.69) is 27.6 Å². The predicted molar refractivity (Wildman–Crippen MR) is 231 cm³/mol. The number of rotatable bonds is 6. The van der Waals surface area contributed by atoms with Gasteiger partial charge in [-0.3, -0.25) is 9.59 Å². The first-order valence-electron chi connectivity index (χ1n) is 18.8. The molecule has 0 saturated carbocycles. The van der Waals surface area contributed by atoms with Crippen LogP contribution in [0.15, 0.2) is 182 Å². The molecule has 270 valence electrons. The Hall–Kier alpha value is -8.32. The molecule has 6 nitrogen and oxygen atoms in total. The molecule has 2 heterocycles. The lowest BCUT2D eigenvalue weighted by atomic mass is 9.97. The SMILES string of the molecule is [C-]#[N+]c1cccc(-c2ccc3c(c2)c2cc(-c4cccc(C#N)c4)ccc2n3-c2cccc3c2C(=O)N(c2cc(-c4ccccc4)ccc2-c2ccccc2)C3=O)c1. The van der Waals surface area contributed by atoms with Gasteiger partial charge in [0.15, 0.2) is 5.69 Å². The summed E-state index contributed by atoms with van der Waals surface area (Å²) in [6.07, 6.45) is 0. The Morgan fingerprint density at radius 1 is 0.466 bits per heavy atom. The molecule has 0 saturated heterocycles. The van der Waals surface area contributed by atoms with Crippen LogP contribution in [0.25, 0.3) is 76.8 Å². The number of carbonyl (C=O) groups is 2. The zero-order valence-corrected chi connectivity index (χ0v) is 30.9. The van der Waals surface area contributed by atoms with Gasteiger partial charge in [-0.2, -0.15) is 5.26 Å². The van der Waals surface area contributed by atoms with Crippen molar-refractivity contribution in [1.29, 1.82) is 5.26 Å². The molecule has 9 aromatic rings. The molecule has 0 fully saturated rings. The van der Waals surface area contributed by atoms with Crippen LogP contribution >= 0.6 is 0 Å². The molecule has 2 amide bonds. The first-order valence-corrected chi connectivity index (χ1v) is 18.8. The third kappa shape index (κ3) is 5.56. The molecule has 0 unspecified atom stereocenters. The van der Waals surface area contributed by atoms with Crippen molar-refractivity contribution in [3.8, 4) is 56.3 Å². The molecule has 58 heavy (non-hydrogen) atoms. The lowest BCUT2D eigenvalue weighted by Crippen LogP contribution is -2.30. The number of nitriles is 1. The summed E-state index contributed by atoms with van der Waals surface area (Å²) in [5.74, 6) is -0.780. The van der Waals surface area contributed by atoms with Crippen LogP contribution in [-0.2, 0) is 0 Å². The van der Waals surface area contributed by atoms with Crippen molar-refractivity contribution < 1.29 is 9.59 Å². The van der Waals surface area contributed by atoms with E-state index in [9.17, 15) is 10.1 Å². The van der Waals surface area contributed by atoms with Crippen LogP contribution in [0.5, 0.6) is 0 Å². The minimum absolute atomic E-state index is 0.329. The third-order valence-electron chi connectivity index (χ3n) is 11.0. The molecule has 1 aromatic heterocycles. The second kappa shape index (κ2) is 13.8. The smallest absolute Gasteiger partial charge is 0.268 e. The fraction of sp³-hybridized carbons (Fsp3) is 0. The molecular formula is C52H30N4O2. The number of nitrogens with zero attached hydrogens (tertiary/aromatic N) is 4. The number of amides is 2. The van der Waals surface area contributed by atoms with E-state index in [1.807, 2.05) is 152 Å². The second-order valence-corrected chi connectivity index (χ2v) is 14.3. The fourth-order valence-corrected chi connectivity index (χ4v) is 8.23. The standard InChI is InChI=1S/C52H30N4O2/c1-54-41-18-9-17-37(28-41)39-23-26-47-45(30-39)44-29-38(36-16-8-11-33(27-36)32-53)22-25-46(44)55(47)48-20-10-19-43-50(48)52(58)56(51(43)57)49-31-40(34-12-4-2-5-13-34)21-24-42(49)35-14-6-3-7-15-35/h2-31H. The number of imide groups is 1. The summed E-state index contributed by atoms with van der Waals surface area (Å²) < 4.78 is 2.07. The monoisotopic (exact) mass is 742 g/mol. The summed E-state index contributed by atoms with van der Waals surface area (Å²) in [6.45, 7) is 7.59. The normalized spacial score (nSPS) is 12.1. The summed E-state index contributed by atoms with van der Waals surface area (Å²) in [5.41, 5.74) is 11.8. The quantitative estimate of drug-likeness (QED) is 0.126. The summed E-state index contributed by atoms with van der Waals surface area (Å²) in [7, 11) is 0. The minimum Gasteiger partial charge on any atom is -0.308 e. The van der Waals surface area contributed by atoms with Gasteiger partial charge in [0.1, 0.15) is 0 Å². The largest absolute Gasteiger partial charge is 0.308 e. The fourth-order valence-electron chi connectivity index (χ4n) is 8.23. The van der Waals surface area contributed by atoms with Gasteiger partial charge in [0.05, 0.1) is 51.7 Å². The maximum absolute atomic E-state index is 15.1. The average molecular weight is 743 g/mol. The van der Waals surface area contributed by atoms with Crippen molar-refractivity contribution in [3.05, 3.63) is 210 Å². The van der Waals surface area contributed by atoms with E-state index in [0.717, 1.165) is 66.3 Å². The predicted octanol–water partition coefficient (Wildman–Crippen LogP) is 12.7. The Balaban J connectivity index is 1.18. The number of aromatic nitrogens is 1. The van der Waals surface area contributed by atoms with E-state index >= 15 is 4.79 Å². The van der Waals surface area contributed by atoms with Crippen molar-refractivity contribution in [2.24, 2.45) is 0 Å². The molecule has 0 aliphatic carbocycles. The van der Waals surface area contributed by atoms with Crippen LogP contribution in [0.4, 0.5) is 11.4 Å². The highest BCUT2D eigenvalue weighted by Crippen LogP contribution is 2.43. The number of fused-ring (bicyclic) bond motifs is 4. The van der Waals surface area contributed by atoms with Gasteiger partial charge < -0.3 is 4.57 Å². The molecule has 0 radical (unpaired) electrons. The molecule has 1 aliphatic rings. The van der Waals surface area contributed by atoms with Gasteiger partial charge >= 0.3 is 0 Å². The van der Waals surface area contributed by atoms with Gasteiger partial charge in [-0.15, -0.1) is 0 Å². The van der Waals surface area contributed by atoms with Crippen LogP contribution in [0.1, 0.15) is 26.3 Å². The lowest BCUT2D eigenvalue weighted by molar-refractivity contribution is 0.0926. The van der Waals surface area contributed by atoms with E-state index in [4.69, 9.17) is 6.57 Å². The van der Waals surface area contributed by atoms with E-state index in [0.29, 0.717) is 33.8 Å². The van der Waals surface area contributed by atoms with Crippen molar-refractivity contribution in [1.82, 2.24) is 4.57 Å². The van der Waals surface area contributed by atoms with Gasteiger partial charge in [-0.25, -0.2) is 9.74 Å².